The molecule has 1 fully saturated rings. The molecule has 1 aliphatic carbocycles. The van der Waals surface area contributed by atoms with Gasteiger partial charge >= 0.3 is 0 Å². The third-order valence-corrected chi connectivity index (χ3v) is 3.13. The summed E-state index contributed by atoms with van der Waals surface area (Å²) < 4.78 is 24.7. The van der Waals surface area contributed by atoms with Gasteiger partial charge in [0.2, 0.25) is 10.0 Å². The van der Waals surface area contributed by atoms with Crippen molar-refractivity contribution in [2.45, 2.75) is 37.6 Å². The Bertz CT molecular complexity index is 307. The van der Waals surface area contributed by atoms with E-state index in [0.29, 0.717) is 0 Å². The average Bonchev–Trinajstić information content (AvgIpc) is 2.03. The summed E-state index contributed by atoms with van der Waals surface area (Å²) in [5.74, 6) is 2.58. The van der Waals surface area contributed by atoms with Crippen molar-refractivity contribution < 1.29 is 8.42 Å². The van der Waals surface area contributed by atoms with Crippen LogP contribution in [0.25, 0.3) is 0 Å². The first-order valence-electron chi connectivity index (χ1n) is 4.44. The van der Waals surface area contributed by atoms with Gasteiger partial charge in [-0.1, -0.05) is 25.2 Å². The number of terminal acetylenes is 1. The Labute approximate surface area is 80.0 Å². The van der Waals surface area contributed by atoms with Crippen molar-refractivity contribution >= 4 is 10.0 Å². The van der Waals surface area contributed by atoms with Gasteiger partial charge in [0, 0.05) is 0 Å². The van der Waals surface area contributed by atoms with Gasteiger partial charge in [0.1, 0.15) is 0 Å². The van der Waals surface area contributed by atoms with Gasteiger partial charge in [-0.05, 0) is 12.8 Å². The van der Waals surface area contributed by atoms with Crippen LogP contribution in [-0.2, 0) is 10.0 Å². The van der Waals surface area contributed by atoms with Gasteiger partial charge in [-0.25, -0.2) is 8.42 Å². The highest BCUT2D eigenvalue weighted by Gasteiger charge is 2.32. The maximum absolute atomic E-state index is 11.1. The first-order chi connectivity index (χ1) is 5.97. The summed E-state index contributed by atoms with van der Waals surface area (Å²) in [5, 5.41) is 0. The number of hydrogen-bond acceptors (Lipinski definition) is 2. The molecule has 0 aromatic rings. The molecule has 0 atom stereocenters. The zero-order chi connectivity index (χ0) is 9.95. The SMILES string of the molecule is C#CC1(NS(C)(=O)=O)CCCCC1. The number of hydrogen-bond donors (Lipinski definition) is 1. The van der Waals surface area contributed by atoms with Crippen LogP contribution in [0.1, 0.15) is 32.1 Å². The minimum absolute atomic E-state index is 0.605. The molecule has 1 saturated carbocycles. The molecule has 0 amide bonds. The van der Waals surface area contributed by atoms with Gasteiger partial charge in [-0.2, -0.15) is 4.72 Å². The van der Waals surface area contributed by atoms with E-state index in [2.05, 4.69) is 10.6 Å². The molecule has 0 bridgehead atoms. The Hall–Kier alpha value is -0.530. The van der Waals surface area contributed by atoms with E-state index in [4.69, 9.17) is 6.42 Å². The fourth-order valence-electron chi connectivity index (χ4n) is 1.79. The highest BCUT2D eigenvalue weighted by Crippen LogP contribution is 2.27. The Kier molecular flexibility index (Phi) is 2.99. The van der Waals surface area contributed by atoms with E-state index in [9.17, 15) is 8.42 Å². The second kappa shape index (κ2) is 3.69. The molecule has 0 aromatic heterocycles. The average molecular weight is 201 g/mol. The second-order valence-electron chi connectivity index (χ2n) is 3.66. The van der Waals surface area contributed by atoms with Gasteiger partial charge < -0.3 is 0 Å². The van der Waals surface area contributed by atoms with Crippen LogP contribution in [0.15, 0.2) is 0 Å². The van der Waals surface area contributed by atoms with Gasteiger partial charge in [0.05, 0.1) is 11.8 Å². The van der Waals surface area contributed by atoms with Crippen LogP contribution in [0.5, 0.6) is 0 Å². The Morgan fingerprint density at radius 3 is 2.23 bits per heavy atom. The number of rotatable bonds is 2. The zero-order valence-electron chi connectivity index (χ0n) is 7.84. The van der Waals surface area contributed by atoms with Crippen LogP contribution in [0.3, 0.4) is 0 Å². The van der Waals surface area contributed by atoms with Crippen LogP contribution < -0.4 is 4.72 Å². The van der Waals surface area contributed by atoms with Crippen molar-refractivity contribution in [1.29, 1.82) is 0 Å². The lowest BCUT2D eigenvalue weighted by Gasteiger charge is -2.32. The molecule has 0 unspecified atom stereocenters. The maximum Gasteiger partial charge on any atom is 0.210 e. The molecular weight excluding hydrogens is 186 g/mol. The van der Waals surface area contributed by atoms with E-state index in [1.807, 2.05) is 0 Å². The third-order valence-electron chi connectivity index (χ3n) is 2.36. The monoisotopic (exact) mass is 201 g/mol. The van der Waals surface area contributed by atoms with E-state index in [0.717, 1.165) is 38.4 Å². The minimum Gasteiger partial charge on any atom is -0.213 e. The molecule has 1 rings (SSSR count). The molecule has 0 spiro atoms. The molecule has 13 heavy (non-hydrogen) atoms. The molecule has 0 aromatic carbocycles. The number of nitrogens with one attached hydrogen (secondary N) is 1. The summed E-state index contributed by atoms with van der Waals surface area (Å²) in [5.41, 5.74) is -0.605. The molecule has 0 heterocycles. The lowest BCUT2D eigenvalue weighted by Crippen LogP contribution is -2.48. The van der Waals surface area contributed by atoms with Crippen LogP contribution in [0.4, 0.5) is 0 Å². The predicted molar refractivity (Wildman–Crippen MR) is 52.6 cm³/mol. The van der Waals surface area contributed by atoms with Crippen molar-refractivity contribution in [3.8, 4) is 12.3 Å². The van der Waals surface area contributed by atoms with Crippen LogP contribution in [0.2, 0.25) is 0 Å². The summed E-state index contributed by atoms with van der Waals surface area (Å²) in [6, 6.07) is 0. The second-order valence-corrected chi connectivity index (χ2v) is 5.41. The predicted octanol–water partition coefficient (Wildman–Crippen LogP) is 0.872. The lowest BCUT2D eigenvalue weighted by atomic mass is 9.83. The minimum atomic E-state index is -3.19. The zero-order valence-corrected chi connectivity index (χ0v) is 8.65. The molecule has 1 N–H and O–H groups in total. The van der Waals surface area contributed by atoms with Crippen molar-refractivity contribution in [1.82, 2.24) is 4.72 Å². The molecule has 1 aliphatic rings. The molecule has 0 radical (unpaired) electrons. The summed E-state index contributed by atoms with van der Waals surface area (Å²) >= 11 is 0. The van der Waals surface area contributed by atoms with Gasteiger partial charge in [-0.15, -0.1) is 6.42 Å². The van der Waals surface area contributed by atoms with Gasteiger partial charge in [0.25, 0.3) is 0 Å². The van der Waals surface area contributed by atoms with E-state index in [1.165, 1.54) is 0 Å². The fraction of sp³-hybridized carbons (Fsp3) is 0.778. The molecule has 74 valence electrons. The fourth-order valence-corrected chi connectivity index (χ4v) is 2.76. The van der Waals surface area contributed by atoms with Crippen LogP contribution in [-0.4, -0.2) is 20.2 Å². The first kappa shape index (κ1) is 10.6. The van der Waals surface area contributed by atoms with Crippen LogP contribution in [0, 0.1) is 12.3 Å². The standard InChI is InChI=1S/C9H15NO2S/c1-3-9(10-13(2,11)12)7-5-4-6-8-9/h1,10H,4-8H2,2H3. The Morgan fingerprint density at radius 1 is 1.31 bits per heavy atom. The Morgan fingerprint density at radius 2 is 1.85 bits per heavy atom. The van der Waals surface area contributed by atoms with Crippen molar-refractivity contribution in [2.24, 2.45) is 0 Å². The van der Waals surface area contributed by atoms with Crippen molar-refractivity contribution in [3.63, 3.8) is 0 Å². The molecular formula is C9H15NO2S. The quantitative estimate of drug-likeness (QED) is 0.674. The lowest BCUT2D eigenvalue weighted by molar-refractivity contribution is 0.342. The van der Waals surface area contributed by atoms with E-state index < -0.39 is 15.6 Å². The van der Waals surface area contributed by atoms with Crippen molar-refractivity contribution in [3.05, 3.63) is 0 Å². The molecule has 0 aliphatic heterocycles. The number of sulfonamides is 1. The largest absolute Gasteiger partial charge is 0.213 e. The smallest absolute Gasteiger partial charge is 0.210 e. The van der Waals surface area contributed by atoms with E-state index >= 15 is 0 Å². The molecule has 0 saturated heterocycles. The van der Waals surface area contributed by atoms with E-state index in [1.54, 1.807) is 0 Å². The first-order valence-corrected chi connectivity index (χ1v) is 6.33. The summed E-state index contributed by atoms with van der Waals surface area (Å²) in [7, 11) is -3.19. The van der Waals surface area contributed by atoms with E-state index in [-0.39, 0.29) is 0 Å². The maximum atomic E-state index is 11.1. The third kappa shape index (κ3) is 3.02. The van der Waals surface area contributed by atoms with Gasteiger partial charge in [-0.3, -0.25) is 0 Å². The summed E-state index contributed by atoms with van der Waals surface area (Å²) in [6.07, 6.45) is 11.2. The van der Waals surface area contributed by atoms with Gasteiger partial charge in [0.15, 0.2) is 0 Å². The molecule has 3 nitrogen and oxygen atoms in total. The highest BCUT2D eigenvalue weighted by molar-refractivity contribution is 7.88. The Balaban J connectivity index is 2.76. The van der Waals surface area contributed by atoms with Crippen molar-refractivity contribution in [2.75, 3.05) is 6.26 Å². The molecule has 4 heteroatoms. The summed E-state index contributed by atoms with van der Waals surface area (Å²) in [6.45, 7) is 0. The topological polar surface area (TPSA) is 46.2 Å². The normalized spacial score (nSPS) is 22.2. The summed E-state index contributed by atoms with van der Waals surface area (Å²) in [4.78, 5) is 0. The van der Waals surface area contributed by atoms with Crippen LogP contribution >= 0.6 is 0 Å². The highest BCUT2D eigenvalue weighted by atomic mass is 32.2.